The van der Waals surface area contributed by atoms with Gasteiger partial charge in [-0.25, -0.2) is 9.98 Å². The molecule has 0 radical (unpaired) electrons. The molecule has 11 heteroatoms. The number of pyridine rings is 1. The predicted molar refractivity (Wildman–Crippen MR) is 104 cm³/mol. The van der Waals surface area contributed by atoms with Crippen molar-refractivity contribution in [1.29, 1.82) is 10.5 Å². The second-order valence-corrected chi connectivity index (χ2v) is 6.86. The topological polar surface area (TPSA) is 149 Å². The van der Waals surface area contributed by atoms with Gasteiger partial charge in [0.25, 0.3) is 0 Å². The van der Waals surface area contributed by atoms with Gasteiger partial charge in [0.05, 0.1) is 10.7 Å². The highest BCUT2D eigenvalue weighted by atomic mass is 79.9. The third-order valence-corrected chi connectivity index (χ3v) is 5.22. The molecule has 0 saturated heterocycles. The summed E-state index contributed by atoms with van der Waals surface area (Å²) in [5, 5.41) is 24.2. The SMILES string of the molecule is N#CNC1=NC(c2cc(Cl)c(Br)cc2Cl)c2c(nc(N)c(C#N)c2N)N1. The number of nitrogens with one attached hydrogen (secondary N) is 2. The number of nitriles is 2. The molecule has 130 valence electrons. The Morgan fingerprint density at radius 1 is 1.23 bits per heavy atom. The van der Waals surface area contributed by atoms with Crippen molar-refractivity contribution in [3.63, 3.8) is 0 Å². The summed E-state index contributed by atoms with van der Waals surface area (Å²) >= 11 is 15.9. The fourth-order valence-corrected chi connectivity index (χ4v) is 3.47. The molecular formula is C15H9BrCl2N8. The van der Waals surface area contributed by atoms with E-state index in [9.17, 15) is 5.26 Å². The van der Waals surface area contributed by atoms with Crippen LogP contribution in [0.4, 0.5) is 17.3 Å². The number of guanidine groups is 1. The van der Waals surface area contributed by atoms with Gasteiger partial charge in [0.1, 0.15) is 29.3 Å². The highest BCUT2D eigenvalue weighted by molar-refractivity contribution is 9.10. The van der Waals surface area contributed by atoms with Gasteiger partial charge in [0, 0.05) is 20.6 Å². The first-order chi connectivity index (χ1) is 12.4. The van der Waals surface area contributed by atoms with Crippen LogP contribution in [-0.2, 0) is 0 Å². The van der Waals surface area contributed by atoms with Gasteiger partial charge >= 0.3 is 0 Å². The molecule has 1 aliphatic heterocycles. The maximum absolute atomic E-state index is 9.31. The maximum atomic E-state index is 9.31. The van der Waals surface area contributed by atoms with Crippen LogP contribution < -0.4 is 22.1 Å². The van der Waals surface area contributed by atoms with E-state index in [2.05, 4.69) is 36.5 Å². The second-order valence-electron chi connectivity index (χ2n) is 5.19. The van der Waals surface area contributed by atoms with Crippen molar-refractivity contribution in [2.24, 2.45) is 4.99 Å². The smallest absolute Gasteiger partial charge is 0.211 e. The van der Waals surface area contributed by atoms with E-state index >= 15 is 0 Å². The Bertz CT molecular complexity index is 1040. The minimum atomic E-state index is -0.750. The third kappa shape index (κ3) is 2.97. The number of nitrogens with two attached hydrogens (primary N) is 2. The summed E-state index contributed by atoms with van der Waals surface area (Å²) in [6.45, 7) is 0. The summed E-state index contributed by atoms with van der Waals surface area (Å²) in [7, 11) is 0. The molecule has 0 bridgehead atoms. The predicted octanol–water partition coefficient (Wildman–Crippen LogP) is 3.13. The maximum Gasteiger partial charge on any atom is 0.211 e. The molecule has 1 aliphatic rings. The minimum Gasteiger partial charge on any atom is -0.397 e. The van der Waals surface area contributed by atoms with Crippen molar-refractivity contribution in [1.82, 2.24) is 10.3 Å². The molecule has 1 unspecified atom stereocenters. The number of fused-ring (bicyclic) bond motifs is 1. The molecule has 0 saturated carbocycles. The second kappa shape index (κ2) is 6.89. The standard InChI is InChI=1S/C15H9BrCl2N8/c16-7-2-8(17)5(1-9(7)18)12-10-11(21)6(3-19)13(22)25-14(10)26-15(24-12)23-4-20/h1-2,12H,(H6,21,22,23,24,25,26). The van der Waals surface area contributed by atoms with Crippen molar-refractivity contribution in [2.75, 3.05) is 16.8 Å². The first-order valence-corrected chi connectivity index (χ1v) is 8.55. The van der Waals surface area contributed by atoms with Gasteiger partial charge in [-0.15, -0.1) is 0 Å². The largest absolute Gasteiger partial charge is 0.397 e. The summed E-state index contributed by atoms with van der Waals surface area (Å²) in [6.07, 6.45) is 1.77. The summed E-state index contributed by atoms with van der Waals surface area (Å²) in [4.78, 5) is 8.60. The van der Waals surface area contributed by atoms with Crippen molar-refractivity contribution >= 4 is 62.4 Å². The fourth-order valence-electron chi connectivity index (χ4n) is 2.55. The van der Waals surface area contributed by atoms with Crippen molar-refractivity contribution in [3.05, 3.63) is 43.3 Å². The van der Waals surface area contributed by atoms with E-state index < -0.39 is 6.04 Å². The Labute approximate surface area is 166 Å². The highest BCUT2D eigenvalue weighted by Gasteiger charge is 2.31. The van der Waals surface area contributed by atoms with Crippen LogP contribution in [0.25, 0.3) is 0 Å². The van der Waals surface area contributed by atoms with E-state index in [0.29, 0.717) is 25.6 Å². The van der Waals surface area contributed by atoms with Crippen molar-refractivity contribution in [2.45, 2.75) is 6.04 Å². The van der Waals surface area contributed by atoms with Crippen LogP contribution in [-0.4, -0.2) is 10.9 Å². The Kier molecular flexibility index (Phi) is 4.79. The van der Waals surface area contributed by atoms with Crippen molar-refractivity contribution < 1.29 is 0 Å². The fraction of sp³-hybridized carbons (Fsp3) is 0.0667. The first-order valence-electron chi connectivity index (χ1n) is 7.00. The number of nitrogen functional groups attached to an aromatic ring is 2. The van der Waals surface area contributed by atoms with Crippen LogP contribution in [0, 0.1) is 22.8 Å². The van der Waals surface area contributed by atoms with Gasteiger partial charge in [-0.05, 0) is 28.1 Å². The number of benzene rings is 1. The van der Waals surface area contributed by atoms with Gasteiger partial charge in [0.2, 0.25) is 5.96 Å². The molecular weight excluding hydrogens is 443 g/mol. The van der Waals surface area contributed by atoms with Crippen LogP contribution >= 0.6 is 39.1 Å². The third-order valence-electron chi connectivity index (χ3n) is 3.69. The van der Waals surface area contributed by atoms with E-state index in [0.717, 1.165) is 0 Å². The quantitative estimate of drug-likeness (QED) is 0.295. The molecule has 0 aliphatic carbocycles. The lowest BCUT2D eigenvalue weighted by Gasteiger charge is -2.26. The normalized spacial score (nSPS) is 15.1. The zero-order valence-corrected chi connectivity index (χ0v) is 15.9. The van der Waals surface area contributed by atoms with Crippen LogP contribution in [0.1, 0.15) is 22.7 Å². The van der Waals surface area contributed by atoms with E-state index in [1.165, 1.54) is 0 Å². The number of nitrogens with zero attached hydrogens (tertiary/aromatic N) is 4. The van der Waals surface area contributed by atoms with Crippen LogP contribution in [0.5, 0.6) is 0 Å². The molecule has 8 nitrogen and oxygen atoms in total. The van der Waals surface area contributed by atoms with E-state index in [4.69, 9.17) is 39.9 Å². The van der Waals surface area contributed by atoms with E-state index in [-0.39, 0.29) is 28.8 Å². The van der Waals surface area contributed by atoms with Crippen LogP contribution in [0.2, 0.25) is 10.0 Å². The molecule has 2 heterocycles. The number of aliphatic imine (C=N–C) groups is 1. The lowest BCUT2D eigenvalue weighted by molar-refractivity contribution is 0.846. The number of hydrogen-bond donors (Lipinski definition) is 4. The molecule has 6 N–H and O–H groups in total. The summed E-state index contributed by atoms with van der Waals surface area (Å²) in [5.74, 6) is 0.371. The number of aromatic nitrogens is 1. The van der Waals surface area contributed by atoms with Gasteiger partial charge in [0.15, 0.2) is 6.19 Å². The summed E-state index contributed by atoms with van der Waals surface area (Å²) < 4.78 is 0.613. The first kappa shape index (κ1) is 18.1. The van der Waals surface area contributed by atoms with Gasteiger partial charge in [-0.1, -0.05) is 23.2 Å². The molecule has 1 aromatic heterocycles. The van der Waals surface area contributed by atoms with Gasteiger partial charge in [-0.3, -0.25) is 5.32 Å². The number of anilines is 3. The van der Waals surface area contributed by atoms with Crippen molar-refractivity contribution in [3.8, 4) is 12.3 Å². The van der Waals surface area contributed by atoms with Crippen LogP contribution in [0.15, 0.2) is 21.6 Å². The molecule has 2 aromatic rings. The molecule has 1 atom stereocenters. The summed E-state index contributed by atoms with van der Waals surface area (Å²) in [5.41, 5.74) is 13.1. The Hall–Kier alpha value is -2.72. The molecule has 0 fully saturated rings. The van der Waals surface area contributed by atoms with Gasteiger partial charge in [-0.2, -0.15) is 10.5 Å². The Morgan fingerprint density at radius 3 is 2.62 bits per heavy atom. The molecule has 26 heavy (non-hydrogen) atoms. The number of rotatable bonds is 1. The van der Waals surface area contributed by atoms with Crippen LogP contribution in [0.3, 0.4) is 0 Å². The Morgan fingerprint density at radius 2 is 1.96 bits per heavy atom. The number of hydrogen-bond acceptors (Lipinski definition) is 8. The number of halogens is 3. The Balaban J connectivity index is 2.30. The minimum absolute atomic E-state index is 0.0341. The zero-order chi connectivity index (χ0) is 19.0. The lowest BCUT2D eigenvalue weighted by Crippen LogP contribution is -2.32. The average Bonchev–Trinajstić information content (AvgIpc) is 2.58. The summed E-state index contributed by atoms with van der Waals surface area (Å²) in [6, 6.07) is 4.44. The van der Waals surface area contributed by atoms with E-state index in [1.807, 2.05) is 6.07 Å². The monoisotopic (exact) mass is 450 g/mol. The average molecular weight is 452 g/mol. The van der Waals surface area contributed by atoms with Gasteiger partial charge < -0.3 is 16.8 Å². The molecule has 0 amide bonds. The molecule has 3 rings (SSSR count). The highest BCUT2D eigenvalue weighted by Crippen LogP contribution is 2.44. The molecule has 0 spiro atoms. The zero-order valence-electron chi connectivity index (χ0n) is 12.8. The lowest BCUT2D eigenvalue weighted by atomic mass is 9.95. The molecule has 1 aromatic carbocycles. The van der Waals surface area contributed by atoms with E-state index in [1.54, 1.807) is 18.3 Å².